The van der Waals surface area contributed by atoms with Gasteiger partial charge in [-0.25, -0.2) is 0 Å². The van der Waals surface area contributed by atoms with Crippen molar-refractivity contribution in [2.45, 2.75) is 20.8 Å². The molecule has 0 bridgehead atoms. The second-order valence-corrected chi connectivity index (χ2v) is 1.37. The van der Waals surface area contributed by atoms with Crippen LogP contribution in [0.3, 0.4) is 0 Å². The fourth-order valence-electron chi connectivity index (χ4n) is 0. The molecule has 0 aliphatic rings. The summed E-state index contributed by atoms with van der Waals surface area (Å²) in [5.74, 6) is 0. The molecule has 0 aliphatic carbocycles. The van der Waals surface area contributed by atoms with E-state index < -0.39 is 0 Å². The predicted octanol–water partition coefficient (Wildman–Crippen LogP) is 1.99. The maximum Gasteiger partial charge on any atom is -0.0442 e. The van der Waals surface area contributed by atoms with Crippen LogP contribution in [0.25, 0.3) is 0 Å². The van der Waals surface area contributed by atoms with E-state index in [0.29, 0.717) is 0 Å². The Labute approximate surface area is 44.0 Å². The number of rotatable bonds is 0. The maximum atomic E-state index is 6.00. The predicted molar refractivity (Wildman–Crippen MR) is 30.4 cm³/mol. The first-order chi connectivity index (χ1) is 3.27. The van der Waals surface area contributed by atoms with Gasteiger partial charge in [0, 0.05) is 0 Å². The molecule has 2 N–H and O–H groups in total. The minimum absolute atomic E-state index is 1.38. The van der Waals surface area contributed by atoms with Crippen LogP contribution in [0, 0.1) is 0 Å². The average Bonchev–Trinajstić information content (AvgIpc) is 1.73. The Balaban J connectivity index is 0. The molecule has 2 heteroatoms. The first-order valence-electron chi connectivity index (χ1n) is 2.07. The molecule has 0 heterocycles. The van der Waals surface area contributed by atoms with Crippen molar-refractivity contribution in [3.05, 3.63) is 11.6 Å². The lowest BCUT2D eigenvalue weighted by Gasteiger charge is -1.74. The molecule has 0 atom stereocenters. The standard InChI is InChI=1S/C5H10.H2O2/c1-4-5(2)3;1-2/h4H,1-3H3;1-2H. The molecule has 0 spiro atoms. The summed E-state index contributed by atoms with van der Waals surface area (Å²) >= 11 is 0. The van der Waals surface area contributed by atoms with Crippen LogP contribution in [-0.2, 0) is 0 Å². The molecule has 0 fully saturated rings. The summed E-state index contributed by atoms with van der Waals surface area (Å²) in [6, 6.07) is 0. The minimum atomic E-state index is 1.38. The summed E-state index contributed by atoms with van der Waals surface area (Å²) in [6.45, 7) is 6.20. The Morgan fingerprint density at radius 3 is 1.43 bits per heavy atom. The van der Waals surface area contributed by atoms with Crippen molar-refractivity contribution in [1.29, 1.82) is 0 Å². The minimum Gasteiger partial charge on any atom is -0.255 e. The topological polar surface area (TPSA) is 40.5 Å². The molecule has 0 rings (SSSR count). The zero-order valence-corrected chi connectivity index (χ0v) is 4.97. The van der Waals surface area contributed by atoms with E-state index in [9.17, 15) is 0 Å². The van der Waals surface area contributed by atoms with Gasteiger partial charge < -0.3 is 0 Å². The van der Waals surface area contributed by atoms with Gasteiger partial charge in [0.2, 0.25) is 0 Å². The third-order valence-electron chi connectivity index (χ3n) is 0.577. The molecule has 0 saturated carbocycles. The quantitative estimate of drug-likeness (QED) is 0.280. The molecule has 7 heavy (non-hydrogen) atoms. The highest BCUT2D eigenvalue weighted by Crippen LogP contribution is 1.82. The second kappa shape index (κ2) is 9.18. The van der Waals surface area contributed by atoms with Crippen molar-refractivity contribution in [1.82, 2.24) is 0 Å². The molecule has 0 radical (unpaired) electrons. The molecule has 0 aliphatic heterocycles. The van der Waals surface area contributed by atoms with Crippen molar-refractivity contribution in [2.24, 2.45) is 0 Å². The lowest BCUT2D eigenvalue weighted by atomic mass is 10.3. The molecule has 0 amide bonds. The van der Waals surface area contributed by atoms with Gasteiger partial charge in [-0.3, -0.25) is 10.5 Å². The number of hydrogen-bond donors (Lipinski definition) is 2. The Kier molecular flexibility index (Phi) is 12.9. The van der Waals surface area contributed by atoms with Gasteiger partial charge in [-0.2, -0.15) is 0 Å². The van der Waals surface area contributed by atoms with E-state index in [2.05, 4.69) is 19.9 Å². The van der Waals surface area contributed by atoms with Crippen molar-refractivity contribution in [3.63, 3.8) is 0 Å². The first-order valence-corrected chi connectivity index (χ1v) is 2.07. The maximum absolute atomic E-state index is 6.00. The van der Waals surface area contributed by atoms with Crippen LogP contribution in [0.15, 0.2) is 11.6 Å². The van der Waals surface area contributed by atoms with Crippen LogP contribution < -0.4 is 0 Å². The van der Waals surface area contributed by atoms with E-state index in [1.165, 1.54) is 5.57 Å². The van der Waals surface area contributed by atoms with E-state index in [0.717, 1.165) is 0 Å². The molecule has 0 aromatic carbocycles. The molecule has 44 valence electrons. The summed E-state index contributed by atoms with van der Waals surface area (Å²) < 4.78 is 0. The fourth-order valence-corrected chi connectivity index (χ4v) is 0. The van der Waals surface area contributed by atoms with Gasteiger partial charge >= 0.3 is 0 Å². The molecule has 0 unspecified atom stereocenters. The van der Waals surface area contributed by atoms with Crippen molar-refractivity contribution < 1.29 is 10.5 Å². The summed E-state index contributed by atoms with van der Waals surface area (Å²) in [4.78, 5) is 0. The Morgan fingerprint density at radius 2 is 1.43 bits per heavy atom. The fraction of sp³-hybridized carbons (Fsp3) is 0.600. The monoisotopic (exact) mass is 104 g/mol. The van der Waals surface area contributed by atoms with Crippen LogP contribution in [0.2, 0.25) is 0 Å². The lowest BCUT2D eigenvalue weighted by Crippen LogP contribution is -1.52. The highest BCUT2D eigenvalue weighted by atomic mass is 17.0. The van der Waals surface area contributed by atoms with Gasteiger partial charge in [0.05, 0.1) is 0 Å². The zero-order valence-electron chi connectivity index (χ0n) is 4.97. The smallest absolute Gasteiger partial charge is 0.0442 e. The van der Waals surface area contributed by atoms with Crippen molar-refractivity contribution in [3.8, 4) is 0 Å². The van der Waals surface area contributed by atoms with Crippen LogP contribution in [-0.4, -0.2) is 10.5 Å². The average molecular weight is 104 g/mol. The number of allylic oxidation sites excluding steroid dienone is 2. The number of hydrogen-bond acceptors (Lipinski definition) is 2. The highest BCUT2D eigenvalue weighted by Gasteiger charge is 1.60. The van der Waals surface area contributed by atoms with E-state index in [1.54, 1.807) is 0 Å². The molecular formula is C5H12O2. The molecular weight excluding hydrogens is 92.1 g/mol. The van der Waals surface area contributed by atoms with Gasteiger partial charge in [0.15, 0.2) is 0 Å². The summed E-state index contributed by atoms with van der Waals surface area (Å²) in [6.07, 6.45) is 2.08. The van der Waals surface area contributed by atoms with Gasteiger partial charge in [-0.1, -0.05) is 11.6 Å². The van der Waals surface area contributed by atoms with E-state index in [4.69, 9.17) is 10.5 Å². The van der Waals surface area contributed by atoms with E-state index in [1.807, 2.05) is 6.92 Å². The molecule has 0 aromatic rings. The molecule has 0 aromatic heterocycles. The zero-order chi connectivity index (χ0) is 6.28. The normalized spacial score (nSPS) is 5.86. The SMILES string of the molecule is CC=C(C)C.OO. The highest BCUT2D eigenvalue weighted by molar-refractivity contribution is 4.88. The van der Waals surface area contributed by atoms with Crippen molar-refractivity contribution in [2.75, 3.05) is 0 Å². The molecule has 2 nitrogen and oxygen atoms in total. The summed E-state index contributed by atoms with van der Waals surface area (Å²) in [7, 11) is 0. The van der Waals surface area contributed by atoms with E-state index >= 15 is 0 Å². The van der Waals surface area contributed by atoms with Crippen LogP contribution >= 0.6 is 0 Å². The van der Waals surface area contributed by atoms with Gasteiger partial charge in [0.25, 0.3) is 0 Å². The van der Waals surface area contributed by atoms with Gasteiger partial charge in [0.1, 0.15) is 0 Å². The third kappa shape index (κ3) is 27.5. The first kappa shape index (κ1) is 9.83. The Hall–Kier alpha value is -0.340. The van der Waals surface area contributed by atoms with Crippen LogP contribution in [0.4, 0.5) is 0 Å². The Morgan fingerprint density at radius 1 is 1.29 bits per heavy atom. The molecule has 0 saturated heterocycles. The largest absolute Gasteiger partial charge is 0.255 e. The van der Waals surface area contributed by atoms with E-state index in [-0.39, 0.29) is 0 Å². The Bertz CT molecular complexity index is 44.0. The summed E-state index contributed by atoms with van der Waals surface area (Å²) in [5.41, 5.74) is 1.38. The third-order valence-corrected chi connectivity index (χ3v) is 0.577. The lowest BCUT2D eigenvalue weighted by molar-refractivity contribution is -0.176. The van der Waals surface area contributed by atoms with Gasteiger partial charge in [-0.05, 0) is 20.8 Å². The van der Waals surface area contributed by atoms with Gasteiger partial charge in [-0.15, -0.1) is 0 Å². The summed E-state index contributed by atoms with van der Waals surface area (Å²) in [5, 5.41) is 12.0. The van der Waals surface area contributed by atoms with Crippen LogP contribution in [0.5, 0.6) is 0 Å². The second-order valence-electron chi connectivity index (χ2n) is 1.37. The van der Waals surface area contributed by atoms with Crippen molar-refractivity contribution >= 4 is 0 Å². The van der Waals surface area contributed by atoms with Crippen LogP contribution in [0.1, 0.15) is 20.8 Å².